The number of rotatable bonds is 4. The zero-order valence-electron chi connectivity index (χ0n) is 11.5. The van der Waals surface area contributed by atoms with Gasteiger partial charge in [0.25, 0.3) is 0 Å². The molecule has 1 rings (SSSR count). The summed E-state index contributed by atoms with van der Waals surface area (Å²) in [6.07, 6.45) is 0. The van der Waals surface area contributed by atoms with Crippen LogP contribution in [0.4, 0.5) is 8.78 Å². The highest BCUT2D eigenvalue weighted by atomic mass is 19.1. The number of amides is 1. The van der Waals surface area contributed by atoms with Gasteiger partial charge in [-0.25, -0.2) is 8.78 Å². The molecule has 4 nitrogen and oxygen atoms in total. The molecule has 6 heteroatoms. The normalized spacial score (nSPS) is 12.8. The van der Waals surface area contributed by atoms with Gasteiger partial charge in [-0.3, -0.25) is 9.59 Å². The second-order valence-corrected chi connectivity index (χ2v) is 5.59. The molecule has 1 atom stereocenters. The van der Waals surface area contributed by atoms with Gasteiger partial charge >= 0.3 is 5.97 Å². The number of carboxylic acid groups (broad SMARTS) is 1. The minimum Gasteiger partial charge on any atom is -0.481 e. The lowest BCUT2D eigenvalue weighted by Crippen LogP contribution is -2.42. The Hall–Kier alpha value is -1.98. The molecule has 0 radical (unpaired) electrons. The Kier molecular flexibility index (Phi) is 4.81. The molecule has 0 saturated heterocycles. The van der Waals surface area contributed by atoms with Gasteiger partial charge < -0.3 is 10.4 Å². The van der Waals surface area contributed by atoms with Crippen molar-refractivity contribution >= 4 is 11.9 Å². The molecule has 2 N–H and O–H groups in total. The first-order chi connectivity index (χ1) is 9.12. The summed E-state index contributed by atoms with van der Waals surface area (Å²) in [6.45, 7) is 4.60. The molecule has 0 saturated carbocycles. The van der Waals surface area contributed by atoms with Crippen molar-refractivity contribution < 1.29 is 23.5 Å². The maximum absolute atomic E-state index is 13.4. The van der Waals surface area contributed by atoms with E-state index >= 15 is 0 Å². The number of carbonyl (C=O) groups excluding carboxylic acids is 1. The fourth-order valence-electron chi connectivity index (χ4n) is 1.84. The quantitative estimate of drug-likeness (QED) is 0.834. The Labute approximate surface area is 115 Å². The van der Waals surface area contributed by atoms with E-state index in [0.29, 0.717) is 0 Å². The second-order valence-electron chi connectivity index (χ2n) is 5.59. The summed E-state index contributed by atoms with van der Waals surface area (Å²) in [6, 6.07) is 2.88. The summed E-state index contributed by atoms with van der Waals surface area (Å²) >= 11 is 0. The van der Waals surface area contributed by atoms with Crippen molar-refractivity contribution in [3.63, 3.8) is 0 Å². The van der Waals surface area contributed by atoms with E-state index in [-0.39, 0.29) is 12.1 Å². The monoisotopic (exact) mass is 285 g/mol. The van der Waals surface area contributed by atoms with Crippen LogP contribution in [0.3, 0.4) is 0 Å². The molecule has 0 fully saturated rings. The van der Waals surface area contributed by atoms with Crippen molar-refractivity contribution in [2.45, 2.75) is 27.3 Å². The van der Waals surface area contributed by atoms with E-state index in [4.69, 9.17) is 5.11 Å². The van der Waals surface area contributed by atoms with E-state index in [1.165, 1.54) is 0 Å². The first-order valence-electron chi connectivity index (χ1n) is 6.07. The van der Waals surface area contributed by atoms with Crippen molar-refractivity contribution in [1.29, 1.82) is 0 Å². The fourth-order valence-corrected chi connectivity index (χ4v) is 1.84. The fraction of sp³-hybridized carbons (Fsp3) is 0.429. The van der Waals surface area contributed by atoms with Gasteiger partial charge in [0.05, 0.1) is 0 Å². The van der Waals surface area contributed by atoms with Crippen LogP contribution in [0.15, 0.2) is 18.2 Å². The molecule has 0 aromatic heterocycles. The van der Waals surface area contributed by atoms with Crippen molar-refractivity contribution in [1.82, 2.24) is 5.32 Å². The summed E-state index contributed by atoms with van der Waals surface area (Å²) in [4.78, 5) is 23.0. The number of nitrogens with one attached hydrogen (secondary N) is 1. The highest BCUT2D eigenvalue weighted by Gasteiger charge is 2.37. The molecule has 1 aromatic rings. The minimum absolute atomic E-state index is 0.0311. The van der Waals surface area contributed by atoms with Crippen LogP contribution < -0.4 is 5.32 Å². The summed E-state index contributed by atoms with van der Waals surface area (Å²) in [5, 5.41) is 11.4. The molecular formula is C14H17F2NO3. The van der Waals surface area contributed by atoms with Gasteiger partial charge in [-0.1, -0.05) is 20.8 Å². The van der Waals surface area contributed by atoms with Gasteiger partial charge in [-0.2, -0.15) is 0 Å². The van der Waals surface area contributed by atoms with Gasteiger partial charge in [0, 0.05) is 12.1 Å². The molecule has 1 amide bonds. The van der Waals surface area contributed by atoms with Crippen molar-refractivity contribution in [2.75, 3.05) is 0 Å². The van der Waals surface area contributed by atoms with Crippen LogP contribution >= 0.6 is 0 Å². The molecule has 20 heavy (non-hydrogen) atoms. The van der Waals surface area contributed by atoms with E-state index in [9.17, 15) is 18.4 Å². The molecule has 110 valence electrons. The van der Waals surface area contributed by atoms with Gasteiger partial charge in [-0.15, -0.1) is 0 Å². The zero-order chi connectivity index (χ0) is 15.5. The van der Waals surface area contributed by atoms with E-state index < -0.39 is 34.8 Å². The lowest BCUT2D eigenvalue weighted by atomic mass is 9.80. The Morgan fingerprint density at radius 2 is 1.90 bits per heavy atom. The summed E-state index contributed by atoms with van der Waals surface area (Å²) < 4.78 is 26.4. The van der Waals surface area contributed by atoms with E-state index in [0.717, 1.165) is 18.2 Å². The molecule has 0 heterocycles. The molecule has 1 unspecified atom stereocenters. The van der Waals surface area contributed by atoms with Crippen LogP contribution in [0, 0.1) is 23.0 Å². The maximum Gasteiger partial charge on any atom is 0.316 e. The third-order valence-electron chi connectivity index (χ3n) is 2.84. The number of hydrogen-bond donors (Lipinski definition) is 2. The predicted molar refractivity (Wildman–Crippen MR) is 68.8 cm³/mol. The van der Waals surface area contributed by atoms with Crippen molar-refractivity contribution in [3.05, 3.63) is 35.4 Å². The average molecular weight is 285 g/mol. The van der Waals surface area contributed by atoms with Crippen LogP contribution in [0.1, 0.15) is 26.3 Å². The third kappa shape index (κ3) is 4.01. The molecule has 0 aliphatic carbocycles. The van der Waals surface area contributed by atoms with Gasteiger partial charge in [0.1, 0.15) is 17.6 Å². The molecular weight excluding hydrogens is 268 g/mol. The number of hydrogen-bond acceptors (Lipinski definition) is 2. The molecule has 0 spiro atoms. The number of halogens is 2. The summed E-state index contributed by atoms with van der Waals surface area (Å²) in [5.74, 6) is -4.53. The Morgan fingerprint density at radius 3 is 2.40 bits per heavy atom. The van der Waals surface area contributed by atoms with Gasteiger partial charge in [0.2, 0.25) is 5.91 Å². The number of carboxylic acids is 1. The van der Waals surface area contributed by atoms with Crippen LogP contribution in [0.25, 0.3) is 0 Å². The van der Waals surface area contributed by atoms with Crippen LogP contribution in [-0.2, 0) is 16.1 Å². The molecule has 0 aliphatic heterocycles. The first-order valence-corrected chi connectivity index (χ1v) is 6.07. The zero-order valence-corrected chi connectivity index (χ0v) is 11.5. The van der Waals surface area contributed by atoms with E-state index in [1.807, 2.05) is 0 Å². The Bertz CT molecular complexity index is 524. The SMILES string of the molecule is CC(C)(C)C(C(=O)O)C(=O)NCc1cc(F)ccc1F. The van der Waals surface area contributed by atoms with E-state index in [1.54, 1.807) is 20.8 Å². The summed E-state index contributed by atoms with van der Waals surface area (Å²) in [5.41, 5.74) is -0.812. The van der Waals surface area contributed by atoms with Gasteiger partial charge in [0.15, 0.2) is 0 Å². The van der Waals surface area contributed by atoms with Crippen LogP contribution in [-0.4, -0.2) is 17.0 Å². The van der Waals surface area contributed by atoms with Crippen LogP contribution in [0.5, 0.6) is 0 Å². The highest BCUT2D eigenvalue weighted by molar-refractivity contribution is 5.97. The predicted octanol–water partition coefficient (Wildman–Crippen LogP) is 2.33. The van der Waals surface area contributed by atoms with Crippen molar-refractivity contribution in [3.8, 4) is 0 Å². The Morgan fingerprint density at radius 1 is 1.30 bits per heavy atom. The lowest BCUT2D eigenvalue weighted by molar-refractivity contribution is -0.151. The minimum atomic E-state index is -1.26. The highest BCUT2D eigenvalue weighted by Crippen LogP contribution is 2.26. The van der Waals surface area contributed by atoms with Crippen molar-refractivity contribution in [2.24, 2.45) is 11.3 Å². The number of benzene rings is 1. The lowest BCUT2D eigenvalue weighted by Gasteiger charge is -2.25. The van der Waals surface area contributed by atoms with E-state index in [2.05, 4.69) is 5.32 Å². The second kappa shape index (κ2) is 5.98. The standard InChI is InChI=1S/C14H17F2NO3/c1-14(2,3)11(13(19)20)12(18)17-7-8-6-9(15)4-5-10(8)16/h4-6,11H,7H2,1-3H3,(H,17,18)(H,19,20). The first kappa shape index (κ1) is 16.1. The number of aliphatic carboxylic acids is 1. The smallest absolute Gasteiger partial charge is 0.316 e. The number of carbonyl (C=O) groups is 2. The average Bonchev–Trinajstić information content (AvgIpc) is 2.28. The van der Waals surface area contributed by atoms with Crippen LogP contribution in [0.2, 0.25) is 0 Å². The largest absolute Gasteiger partial charge is 0.481 e. The topological polar surface area (TPSA) is 66.4 Å². The Balaban J connectivity index is 2.80. The molecule has 0 bridgehead atoms. The van der Waals surface area contributed by atoms with Gasteiger partial charge in [-0.05, 0) is 23.6 Å². The molecule has 1 aromatic carbocycles. The summed E-state index contributed by atoms with van der Waals surface area (Å²) in [7, 11) is 0. The maximum atomic E-state index is 13.4. The third-order valence-corrected chi connectivity index (χ3v) is 2.84. The molecule has 0 aliphatic rings.